The van der Waals surface area contributed by atoms with Gasteiger partial charge in [-0.3, -0.25) is 0 Å². The van der Waals surface area contributed by atoms with E-state index in [1.165, 1.54) is 24.3 Å². The van der Waals surface area contributed by atoms with Crippen molar-refractivity contribution in [2.24, 2.45) is 0 Å². The Morgan fingerprint density at radius 1 is 1.11 bits per heavy atom. The Labute approximate surface area is 108 Å². The van der Waals surface area contributed by atoms with E-state index in [4.69, 9.17) is 11.6 Å². The van der Waals surface area contributed by atoms with Gasteiger partial charge in [-0.15, -0.1) is 0 Å². The SMILES string of the molecule is O=S(=O)(c1ccc(Cl)cc1)c1cc(F)[c]cc1F. The predicted molar refractivity (Wildman–Crippen MR) is 62.1 cm³/mol. The first-order valence-corrected chi connectivity index (χ1v) is 6.65. The molecule has 93 valence electrons. The van der Waals surface area contributed by atoms with Crippen LogP contribution in [-0.4, -0.2) is 8.42 Å². The summed E-state index contributed by atoms with van der Waals surface area (Å²) in [6.07, 6.45) is 0. The molecule has 0 spiro atoms. The second-order valence-electron chi connectivity index (χ2n) is 3.45. The molecule has 6 heteroatoms. The zero-order valence-corrected chi connectivity index (χ0v) is 10.4. The number of rotatable bonds is 2. The van der Waals surface area contributed by atoms with Crippen LogP contribution in [-0.2, 0) is 9.84 Å². The van der Waals surface area contributed by atoms with Crippen molar-refractivity contribution >= 4 is 21.4 Å². The highest BCUT2D eigenvalue weighted by molar-refractivity contribution is 7.91. The molecular formula is C12H6ClF2O2S. The summed E-state index contributed by atoms with van der Waals surface area (Å²) in [6.45, 7) is 0. The van der Waals surface area contributed by atoms with Gasteiger partial charge in [-0.2, -0.15) is 0 Å². The molecule has 2 aromatic rings. The Balaban J connectivity index is 2.61. The Bertz CT molecular complexity index is 682. The topological polar surface area (TPSA) is 34.1 Å². The third-order valence-electron chi connectivity index (χ3n) is 2.24. The lowest BCUT2D eigenvalue weighted by atomic mass is 10.3. The molecule has 18 heavy (non-hydrogen) atoms. The fraction of sp³-hybridized carbons (Fsp3) is 0. The van der Waals surface area contributed by atoms with Crippen molar-refractivity contribution < 1.29 is 17.2 Å². The summed E-state index contributed by atoms with van der Waals surface area (Å²) >= 11 is 5.63. The number of hydrogen-bond acceptors (Lipinski definition) is 2. The molecule has 0 N–H and O–H groups in total. The van der Waals surface area contributed by atoms with Gasteiger partial charge in [0.05, 0.1) is 4.90 Å². The highest BCUT2D eigenvalue weighted by Crippen LogP contribution is 2.24. The monoisotopic (exact) mass is 287 g/mol. The molecule has 0 heterocycles. The molecule has 0 saturated carbocycles. The van der Waals surface area contributed by atoms with Gasteiger partial charge in [-0.05, 0) is 36.4 Å². The molecule has 1 radical (unpaired) electrons. The quantitative estimate of drug-likeness (QED) is 0.850. The van der Waals surface area contributed by atoms with E-state index < -0.39 is 26.4 Å². The number of hydrogen-bond donors (Lipinski definition) is 0. The molecule has 0 unspecified atom stereocenters. The van der Waals surface area contributed by atoms with Crippen LogP contribution in [0.3, 0.4) is 0 Å². The van der Waals surface area contributed by atoms with E-state index >= 15 is 0 Å². The molecule has 2 aromatic carbocycles. The van der Waals surface area contributed by atoms with Crippen molar-refractivity contribution in [3.05, 3.63) is 59.1 Å². The minimum Gasteiger partial charge on any atom is -0.218 e. The van der Waals surface area contributed by atoms with Crippen LogP contribution in [0.25, 0.3) is 0 Å². The van der Waals surface area contributed by atoms with Gasteiger partial charge in [-0.25, -0.2) is 17.2 Å². The second kappa shape index (κ2) is 4.66. The highest BCUT2D eigenvalue weighted by Gasteiger charge is 2.22. The van der Waals surface area contributed by atoms with Crippen molar-refractivity contribution in [1.82, 2.24) is 0 Å². The molecule has 2 nitrogen and oxygen atoms in total. The third kappa shape index (κ3) is 2.37. The van der Waals surface area contributed by atoms with Crippen LogP contribution in [0.2, 0.25) is 5.02 Å². The van der Waals surface area contributed by atoms with Crippen molar-refractivity contribution in [2.75, 3.05) is 0 Å². The Morgan fingerprint density at radius 2 is 1.72 bits per heavy atom. The van der Waals surface area contributed by atoms with E-state index in [9.17, 15) is 17.2 Å². The van der Waals surface area contributed by atoms with Crippen LogP contribution < -0.4 is 0 Å². The minimum absolute atomic E-state index is 0.156. The van der Waals surface area contributed by atoms with E-state index in [0.717, 1.165) is 0 Å². The number of halogens is 3. The number of benzene rings is 2. The van der Waals surface area contributed by atoms with Crippen LogP contribution >= 0.6 is 11.6 Å². The van der Waals surface area contributed by atoms with E-state index in [0.29, 0.717) is 17.2 Å². The maximum absolute atomic E-state index is 13.4. The second-order valence-corrected chi connectivity index (χ2v) is 5.81. The first-order valence-electron chi connectivity index (χ1n) is 4.78. The third-order valence-corrected chi connectivity index (χ3v) is 4.28. The lowest BCUT2D eigenvalue weighted by Crippen LogP contribution is -2.05. The summed E-state index contributed by atoms with van der Waals surface area (Å²) in [5, 5.41) is 0.349. The summed E-state index contributed by atoms with van der Waals surface area (Å²) in [7, 11) is -4.10. The average molecular weight is 288 g/mol. The summed E-state index contributed by atoms with van der Waals surface area (Å²) < 4.78 is 50.5. The van der Waals surface area contributed by atoms with E-state index in [-0.39, 0.29) is 4.90 Å². The first-order chi connectivity index (χ1) is 8.41. The Hall–Kier alpha value is -1.46. The lowest BCUT2D eigenvalue weighted by Gasteiger charge is -2.05. The molecule has 0 aliphatic heterocycles. The van der Waals surface area contributed by atoms with Crippen LogP contribution in [0.4, 0.5) is 8.78 Å². The van der Waals surface area contributed by atoms with Gasteiger partial charge in [0.2, 0.25) is 9.84 Å². The number of sulfone groups is 1. The van der Waals surface area contributed by atoms with Crippen LogP contribution in [0.5, 0.6) is 0 Å². The zero-order chi connectivity index (χ0) is 13.3. The largest absolute Gasteiger partial charge is 0.218 e. The molecule has 0 saturated heterocycles. The van der Waals surface area contributed by atoms with Gasteiger partial charge in [0, 0.05) is 11.1 Å². The summed E-state index contributed by atoms with van der Waals surface area (Å²) in [4.78, 5) is -0.877. The van der Waals surface area contributed by atoms with Crippen LogP contribution in [0.15, 0.2) is 46.2 Å². The molecule has 0 aromatic heterocycles. The maximum atomic E-state index is 13.4. The molecule has 0 amide bonds. The molecular weight excluding hydrogens is 282 g/mol. The van der Waals surface area contributed by atoms with E-state index in [1.807, 2.05) is 6.07 Å². The average Bonchev–Trinajstić information content (AvgIpc) is 2.32. The standard InChI is InChI=1S/C12H6ClF2O2S/c13-8-1-4-10(5-2-8)18(16,17)12-7-9(14)3-6-11(12)15/h1-2,4-7H. The van der Waals surface area contributed by atoms with Gasteiger partial charge in [0.1, 0.15) is 16.5 Å². The van der Waals surface area contributed by atoms with Crippen molar-refractivity contribution in [1.29, 1.82) is 0 Å². The summed E-state index contributed by atoms with van der Waals surface area (Å²) in [5.74, 6) is -1.99. The Kier molecular flexibility index (Phi) is 3.36. The Morgan fingerprint density at radius 3 is 2.33 bits per heavy atom. The summed E-state index contributed by atoms with van der Waals surface area (Å²) in [5.41, 5.74) is 0. The van der Waals surface area contributed by atoms with E-state index in [1.54, 1.807) is 0 Å². The molecule has 2 rings (SSSR count). The fourth-order valence-corrected chi connectivity index (χ4v) is 2.82. The van der Waals surface area contributed by atoms with Crippen molar-refractivity contribution in [2.45, 2.75) is 9.79 Å². The van der Waals surface area contributed by atoms with Crippen molar-refractivity contribution in [3.8, 4) is 0 Å². The smallest absolute Gasteiger partial charge is 0.209 e. The van der Waals surface area contributed by atoms with Gasteiger partial charge < -0.3 is 0 Å². The fourth-order valence-electron chi connectivity index (χ4n) is 1.38. The van der Waals surface area contributed by atoms with Gasteiger partial charge in [-0.1, -0.05) is 11.6 Å². The van der Waals surface area contributed by atoms with Crippen molar-refractivity contribution in [3.63, 3.8) is 0 Å². The summed E-state index contributed by atoms with van der Waals surface area (Å²) in [6, 6.07) is 8.37. The van der Waals surface area contributed by atoms with Gasteiger partial charge in [0.25, 0.3) is 0 Å². The normalized spacial score (nSPS) is 11.5. The van der Waals surface area contributed by atoms with Gasteiger partial charge >= 0.3 is 0 Å². The van der Waals surface area contributed by atoms with Crippen LogP contribution in [0.1, 0.15) is 0 Å². The molecule has 0 aliphatic carbocycles. The molecule has 0 aliphatic rings. The maximum Gasteiger partial charge on any atom is 0.209 e. The highest BCUT2D eigenvalue weighted by atomic mass is 35.5. The predicted octanol–water partition coefficient (Wildman–Crippen LogP) is 3.25. The zero-order valence-electron chi connectivity index (χ0n) is 8.82. The minimum atomic E-state index is -4.10. The molecule has 0 atom stereocenters. The molecule has 0 bridgehead atoms. The van der Waals surface area contributed by atoms with Crippen LogP contribution in [0, 0.1) is 17.7 Å². The lowest BCUT2D eigenvalue weighted by molar-refractivity contribution is 0.552. The van der Waals surface area contributed by atoms with E-state index in [2.05, 4.69) is 0 Å². The molecule has 0 fully saturated rings. The van der Waals surface area contributed by atoms with Gasteiger partial charge in [0.15, 0.2) is 0 Å². The first kappa shape index (κ1) is 13.0.